The predicted octanol–water partition coefficient (Wildman–Crippen LogP) is 3.78. The second-order valence-corrected chi connectivity index (χ2v) is 12.0. The lowest BCUT2D eigenvalue weighted by Gasteiger charge is -2.39. The minimum absolute atomic E-state index is 0.00958. The number of alkyl carbamates (subject to hydrolysis) is 1. The molecular formula is C28H37F2N5O9. The van der Waals surface area contributed by atoms with E-state index in [1.165, 1.54) is 17.9 Å². The summed E-state index contributed by atoms with van der Waals surface area (Å²) in [7, 11) is 0. The molecule has 0 spiro atoms. The van der Waals surface area contributed by atoms with Crippen molar-refractivity contribution >= 4 is 24.0 Å². The first-order valence-electron chi connectivity index (χ1n) is 13.6. The minimum Gasteiger partial charge on any atom is -0.504 e. The number of piperazine rings is 1. The highest BCUT2D eigenvalue weighted by molar-refractivity contribution is 5.97. The Labute approximate surface area is 252 Å². The third-order valence-corrected chi connectivity index (χ3v) is 6.03. The van der Waals surface area contributed by atoms with Gasteiger partial charge in [0.25, 0.3) is 5.91 Å². The van der Waals surface area contributed by atoms with Crippen LogP contribution in [0.5, 0.6) is 11.5 Å². The van der Waals surface area contributed by atoms with E-state index < -0.39 is 65.4 Å². The summed E-state index contributed by atoms with van der Waals surface area (Å²) in [6.45, 7) is 7.99. The number of nitrogens with two attached hydrogens (primary N) is 1. The molecule has 0 aliphatic carbocycles. The summed E-state index contributed by atoms with van der Waals surface area (Å²) in [4.78, 5) is 58.2. The summed E-state index contributed by atoms with van der Waals surface area (Å²) in [5.74, 6) is -3.20. The number of halogens is 2. The number of hydrogen-bond acceptors (Lipinski definition) is 10. The summed E-state index contributed by atoms with van der Waals surface area (Å²) in [5, 5.41) is 12.7. The molecule has 2 atom stereocenters. The van der Waals surface area contributed by atoms with Crippen LogP contribution in [0.4, 0.5) is 18.4 Å². The van der Waals surface area contributed by atoms with Gasteiger partial charge in [-0.3, -0.25) is 9.59 Å². The van der Waals surface area contributed by atoms with Gasteiger partial charge in [0.1, 0.15) is 17.2 Å². The summed E-state index contributed by atoms with van der Waals surface area (Å²) < 4.78 is 46.1. The number of nitrogens with zero attached hydrogens (tertiary/aromatic N) is 3. The number of ether oxygens (including phenoxy) is 3. The number of alkyl halides is 2. The Morgan fingerprint density at radius 3 is 2.27 bits per heavy atom. The van der Waals surface area contributed by atoms with Crippen molar-refractivity contribution in [2.24, 2.45) is 5.73 Å². The van der Waals surface area contributed by atoms with Crippen LogP contribution in [-0.4, -0.2) is 87.4 Å². The van der Waals surface area contributed by atoms with Gasteiger partial charge in [0.15, 0.2) is 23.0 Å². The van der Waals surface area contributed by atoms with Crippen LogP contribution >= 0.6 is 0 Å². The van der Waals surface area contributed by atoms with E-state index >= 15 is 0 Å². The van der Waals surface area contributed by atoms with Crippen molar-refractivity contribution in [3.63, 3.8) is 0 Å². The second-order valence-electron chi connectivity index (χ2n) is 12.0. The van der Waals surface area contributed by atoms with Gasteiger partial charge in [0, 0.05) is 18.7 Å². The van der Waals surface area contributed by atoms with Gasteiger partial charge < -0.3 is 44.6 Å². The van der Waals surface area contributed by atoms with E-state index in [0.29, 0.717) is 0 Å². The van der Waals surface area contributed by atoms with Gasteiger partial charge in [0.05, 0.1) is 12.6 Å². The number of benzene rings is 1. The van der Waals surface area contributed by atoms with Gasteiger partial charge in [-0.1, -0.05) is 0 Å². The van der Waals surface area contributed by atoms with Crippen LogP contribution < -0.4 is 15.8 Å². The molecule has 1 aromatic carbocycles. The monoisotopic (exact) mass is 625 g/mol. The molecule has 2 aromatic rings. The Bertz CT molecular complexity index is 1400. The number of oxazole rings is 1. The molecule has 14 nitrogen and oxygen atoms in total. The highest BCUT2D eigenvalue weighted by atomic mass is 19.3. The second kappa shape index (κ2) is 12.9. The fourth-order valence-electron chi connectivity index (χ4n) is 4.20. The van der Waals surface area contributed by atoms with E-state index in [1.807, 2.05) is 0 Å². The molecule has 0 saturated carbocycles. The number of primary amides is 1. The number of hydrogen-bond donors (Lipinski definition) is 3. The maximum absolute atomic E-state index is 13.9. The fourth-order valence-corrected chi connectivity index (χ4v) is 4.20. The number of rotatable bonds is 7. The molecule has 1 aliphatic heterocycles. The maximum Gasteiger partial charge on any atom is 0.410 e. The lowest BCUT2D eigenvalue weighted by atomic mass is 10.1. The van der Waals surface area contributed by atoms with Gasteiger partial charge in [-0.15, -0.1) is 0 Å². The first-order chi connectivity index (χ1) is 20.3. The topological polar surface area (TPSA) is 187 Å². The van der Waals surface area contributed by atoms with Crippen molar-refractivity contribution in [1.29, 1.82) is 0 Å². The number of aromatic nitrogens is 1. The van der Waals surface area contributed by atoms with Crippen LogP contribution in [0.2, 0.25) is 0 Å². The molecule has 16 heteroatoms. The molecule has 0 bridgehead atoms. The molecule has 0 radical (unpaired) electrons. The Balaban J connectivity index is 1.99. The molecule has 3 rings (SSSR count). The van der Waals surface area contributed by atoms with Crippen LogP contribution in [0.25, 0.3) is 11.5 Å². The van der Waals surface area contributed by atoms with Gasteiger partial charge in [-0.2, -0.15) is 8.78 Å². The highest BCUT2D eigenvalue weighted by Gasteiger charge is 2.40. The summed E-state index contributed by atoms with van der Waals surface area (Å²) >= 11 is 0. The van der Waals surface area contributed by atoms with Crippen LogP contribution in [0.3, 0.4) is 0 Å². The number of aromatic hydroxyl groups is 1. The van der Waals surface area contributed by atoms with Crippen molar-refractivity contribution in [2.45, 2.75) is 78.4 Å². The third-order valence-electron chi connectivity index (χ3n) is 6.03. The first kappa shape index (κ1) is 33.9. The molecular weight excluding hydrogens is 588 g/mol. The number of phenolic OH excluding ortho intramolecular Hbond substituents is 1. The van der Waals surface area contributed by atoms with Crippen LogP contribution in [0, 0.1) is 0 Å². The number of carbonyl (C=O) groups excluding carboxylic acids is 4. The van der Waals surface area contributed by atoms with E-state index in [1.54, 1.807) is 41.5 Å². The zero-order valence-corrected chi connectivity index (χ0v) is 25.5. The Kier molecular flexibility index (Phi) is 9.95. The number of nitrogens with one attached hydrogen (secondary N) is 1. The molecule has 1 unspecified atom stereocenters. The van der Waals surface area contributed by atoms with E-state index in [2.05, 4.69) is 15.0 Å². The summed E-state index contributed by atoms with van der Waals surface area (Å²) in [6.07, 6.45) is -1.51. The maximum atomic E-state index is 13.9. The Morgan fingerprint density at radius 1 is 1.09 bits per heavy atom. The van der Waals surface area contributed by atoms with Gasteiger partial charge in [-0.05, 0) is 66.7 Å². The predicted molar refractivity (Wildman–Crippen MR) is 150 cm³/mol. The summed E-state index contributed by atoms with van der Waals surface area (Å²) in [5.41, 5.74) is 3.76. The van der Waals surface area contributed by atoms with Gasteiger partial charge >= 0.3 is 18.8 Å². The zero-order chi connectivity index (χ0) is 33.1. The lowest BCUT2D eigenvalue weighted by Crippen LogP contribution is -2.61. The molecule has 1 aromatic heterocycles. The Hall–Kier alpha value is -4.63. The molecule has 44 heavy (non-hydrogen) atoms. The SMILES string of the molecule is C[C@H](NC(=O)OC(C)(C)C)c1oc(-c2ccc(OC(F)F)c(O)c2)nc1C(=O)N1CCN(C(=O)OC(C)(C)C)CC1C(N)=O. The van der Waals surface area contributed by atoms with E-state index in [4.69, 9.17) is 19.6 Å². The molecule has 1 fully saturated rings. The van der Waals surface area contributed by atoms with Gasteiger partial charge in [-0.25, -0.2) is 14.6 Å². The number of phenols is 1. The van der Waals surface area contributed by atoms with Crippen LogP contribution in [-0.2, 0) is 14.3 Å². The van der Waals surface area contributed by atoms with Crippen LogP contribution in [0.15, 0.2) is 22.6 Å². The molecule has 4 N–H and O–H groups in total. The normalized spacial score (nSPS) is 16.4. The third kappa shape index (κ3) is 8.70. The largest absolute Gasteiger partial charge is 0.504 e. The van der Waals surface area contributed by atoms with Crippen molar-refractivity contribution in [3.8, 4) is 23.0 Å². The van der Waals surface area contributed by atoms with E-state index in [0.717, 1.165) is 17.0 Å². The quantitative estimate of drug-likeness (QED) is 0.409. The zero-order valence-electron chi connectivity index (χ0n) is 25.5. The molecule has 2 heterocycles. The lowest BCUT2D eigenvalue weighted by molar-refractivity contribution is -0.124. The van der Waals surface area contributed by atoms with Crippen molar-refractivity contribution < 1.29 is 51.7 Å². The van der Waals surface area contributed by atoms with Gasteiger partial charge in [0.2, 0.25) is 11.8 Å². The van der Waals surface area contributed by atoms with Crippen molar-refractivity contribution in [3.05, 3.63) is 29.7 Å². The fraction of sp³-hybridized carbons (Fsp3) is 0.536. The van der Waals surface area contributed by atoms with E-state index in [9.17, 15) is 33.1 Å². The molecule has 242 valence electrons. The van der Waals surface area contributed by atoms with Crippen molar-refractivity contribution in [1.82, 2.24) is 20.1 Å². The number of amides is 4. The number of carbonyl (C=O) groups is 4. The van der Waals surface area contributed by atoms with Crippen molar-refractivity contribution in [2.75, 3.05) is 19.6 Å². The molecule has 1 saturated heterocycles. The average Bonchev–Trinajstić information content (AvgIpc) is 3.32. The molecule has 4 amide bonds. The standard InChI is InChI=1S/C28H37F2N5O9/c1-14(32-25(39)43-27(2,3)4)20-19(33-22(42-20)15-8-9-18(17(36)12-15)41-24(29)30)23(38)35-11-10-34(13-16(35)21(31)37)26(40)44-28(5,6)7/h8-9,12,14,16,24,36H,10-11,13H2,1-7H3,(H2,31,37)(H,32,39)/t14-,16?/m0/s1. The summed E-state index contributed by atoms with van der Waals surface area (Å²) in [6, 6.07) is 1.10. The first-order valence-corrected chi connectivity index (χ1v) is 13.6. The van der Waals surface area contributed by atoms with E-state index in [-0.39, 0.29) is 42.5 Å². The average molecular weight is 626 g/mol. The minimum atomic E-state index is -3.18. The molecule has 1 aliphatic rings. The van der Waals surface area contributed by atoms with Crippen LogP contribution in [0.1, 0.15) is 70.8 Å². The smallest absolute Gasteiger partial charge is 0.410 e. The Morgan fingerprint density at radius 2 is 1.73 bits per heavy atom. The highest BCUT2D eigenvalue weighted by Crippen LogP contribution is 2.34.